The highest BCUT2D eigenvalue weighted by Gasteiger charge is 2.17. The molecule has 0 bridgehead atoms. The van der Waals surface area contributed by atoms with Crippen molar-refractivity contribution < 1.29 is 4.39 Å². The van der Waals surface area contributed by atoms with E-state index < -0.39 is 0 Å². The fourth-order valence-electron chi connectivity index (χ4n) is 1.83. The first-order valence-corrected chi connectivity index (χ1v) is 6.12. The summed E-state index contributed by atoms with van der Waals surface area (Å²) in [7, 11) is 1.85. The number of rotatable bonds is 3. The van der Waals surface area contributed by atoms with Gasteiger partial charge in [-0.05, 0) is 41.9 Å². The predicted octanol–water partition coefficient (Wildman–Crippen LogP) is 3.50. The molecular weight excluding hydrogens is 221 g/mol. The van der Waals surface area contributed by atoms with Crippen LogP contribution in [0, 0.1) is 12.7 Å². The molecule has 0 saturated carbocycles. The minimum atomic E-state index is -0.118. The second-order valence-electron chi connectivity index (χ2n) is 3.76. The molecule has 0 amide bonds. The highest BCUT2D eigenvalue weighted by Crippen LogP contribution is 2.26. The van der Waals surface area contributed by atoms with Gasteiger partial charge in [-0.2, -0.15) is 11.3 Å². The normalized spacial score (nSPS) is 12.7. The molecule has 0 spiro atoms. The van der Waals surface area contributed by atoms with Gasteiger partial charge in [-0.3, -0.25) is 0 Å². The van der Waals surface area contributed by atoms with Crippen molar-refractivity contribution in [3.63, 3.8) is 0 Å². The molecule has 1 atom stereocenters. The van der Waals surface area contributed by atoms with Crippen molar-refractivity contribution in [2.24, 2.45) is 0 Å². The van der Waals surface area contributed by atoms with Crippen LogP contribution < -0.4 is 5.32 Å². The molecule has 1 heterocycles. The molecule has 2 rings (SSSR count). The number of aryl methyl sites for hydroxylation is 1. The van der Waals surface area contributed by atoms with Gasteiger partial charge in [0.25, 0.3) is 0 Å². The van der Waals surface area contributed by atoms with Gasteiger partial charge in [0.2, 0.25) is 0 Å². The number of thiophene rings is 1. The third-order valence-corrected chi connectivity index (χ3v) is 3.40. The van der Waals surface area contributed by atoms with E-state index >= 15 is 0 Å². The van der Waals surface area contributed by atoms with Crippen molar-refractivity contribution >= 4 is 11.3 Å². The Balaban J connectivity index is 2.45. The SMILES string of the molecule is CNC(c1ccsc1)c1cccc(C)c1F. The second kappa shape index (κ2) is 4.76. The summed E-state index contributed by atoms with van der Waals surface area (Å²) in [4.78, 5) is 0. The number of halogens is 1. The topological polar surface area (TPSA) is 12.0 Å². The summed E-state index contributed by atoms with van der Waals surface area (Å²) in [5.41, 5.74) is 2.51. The van der Waals surface area contributed by atoms with Crippen LogP contribution in [0.2, 0.25) is 0 Å². The Kier molecular flexibility index (Phi) is 3.36. The molecule has 0 aliphatic rings. The van der Waals surface area contributed by atoms with E-state index in [1.165, 1.54) is 0 Å². The Morgan fingerprint density at radius 1 is 1.31 bits per heavy atom. The average Bonchev–Trinajstić information content (AvgIpc) is 2.79. The first-order valence-electron chi connectivity index (χ1n) is 5.18. The highest BCUT2D eigenvalue weighted by atomic mass is 32.1. The standard InChI is InChI=1S/C13H14FNS/c1-9-4-3-5-11(12(9)14)13(15-2)10-6-7-16-8-10/h3-8,13,15H,1-2H3. The van der Waals surface area contributed by atoms with Crippen LogP contribution in [0.4, 0.5) is 4.39 Å². The van der Waals surface area contributed by atoms with Gasteiger partial charge < -0.3 is 5.32 Å². The average molecular weight is 235 g/mol. The van der Waals surface area contributed by atoms with Crippen LogP contribution in [0.25, 0.3) is 0 Å². The predicted molar refractivity (Wildman–Crippen MR) is 66.4 cm³/mol. The third kappa shape index (κ3) is 2.01. The van der Waals surface area contributed by atoms with Crippen LogP contribution in [0.3, 0.4) is 0 Å². The summed E-state index contributed by atoms with van der Waals surface area (Å²) < 4.78 is 14.0. The number of benzene rings is 1. The lowest BCUT2D eigenvalue weighted by Crippen LogP contribution is -2.18. The maximum atomic E-state index is 14.0. The van der Waals surface area contributed by atoms with E-state index in [1.807, 2.05) is 36.0 Å². The summed E-state index contributed by atoms with van der Waals surface area (Å²) in [6, 6.07) is 7.48. The third-order valence-electron chi connectivity index (χ3n) is 2.70. The van der Waals surface area contributed by atoms with Crippen molar-refractivity contribution in [2.75, 3.05) is 7.05 Å². The van der Waals surface area contributed by atoms with Crippen molar-refractivity contribution in [1.82, 2.24) is 5.32 Å². The van der Waals surface area contributed by atoms with Crippen molar-refractivity contribution in [3.05, 3.63) is 57.5 Å². The van der Waals surface area contributed by atoms with E-state index in [4.69, 9.17) is 0 Å². The molecule has 0 aliphatic carbocycles. The maximum absolute atomic E-state index is 14.0. The Morgan fingerprint density at radius 2 is 2.12 bits per heavy atom. The smallest absolute Gasteiger partial charge is 0.131 e. The molecule has 1 aromatic carbocycles. The highest BCUT2D eigenvalue weighted by molar-refractivity contribution is 7.08. The number of hydrogen-bond donors (Lipinski definition) is 1. The molecule has 0 saturated heterocycles. The van der Waals surface area contributed by atoms with Crippen LogP contribution >= 0.6 is 11.3 Å². The molecule has 0 fully saturated rings. The Hall–Kier alpha value is -1.19. The first kappa shape index (κ1) is 11.3. The monoisotopic (exact) mass is 235 g/mol. The molecule has 3 heteroatoms. The maximum Gasteiger partial charge on any atom is 0.131 e. The van der Waals surface area contributed by atoms with Gasteiger partial charge in [-0.25, -0.2) is 4.39 Å². The lowest BCUT2D eigenvalue weighted by Gasteiger charge is -2.17. The summed E-state index contributed by atoms with van der Waals surface area (Å²) in [5.74, 6) is -0.118. The fraction of sp³-hybridized carbons (Fsp3) is 0.231. The molecule has 16 heavy (non-hydrogen) atoms. The summed E-state index contributed by atoms with van der Waals surface area (Å²) >= 11 is 1.63. The zero-order valence-electron chi connectivity index (χ0n) is 9.33. The molecule has 84 valence electrons. The van der Waals surface area contributed by atoms with Crippen LogP contribution in [0.1, 0.15) is 22.7 Å². The van der Waals surface area contributed by atoms with E-state index in [0.717, 1.165) is 5.56 Å². The minimum absolute atomic E-state index is 0.0638. The molecule has 1 aromatic heterocycles. The van der Waals surface area contributed by atoms with E-state index in [0.29, 0.717) is 11.1 Å². The van der Waals surface area contributed by atoms with Crippen molar-refractivity contribution in [2.45, 2.75) is 13.0 Å². The van der Waals surface area contributed by atoms with E-state index in [2.05, 4.69) is 5.32 Å². The van der Waals surface area contributed by atoms with Crippen LogP contribution in [-0.2, 0) is 0 Å². The van der Waals surface area contributed by atoms with Gasteiger partial charge in [0, 0.05) is 5.56 Å². The summed E-state index contributed by atoms with van der Waals surface area (Å²) in [5, 5.41) is 7.21. The van der Waals surface area contributed by atoms with Crippen LogP contribution in [0.15, 0.2) is 35.0 Å². The molecular formula is C13H14FNS. The van der Waals surface area contributed by atoms with E-state index in [9.17, 15) is 4.39 Å². The number of hydrogen-bond acceptors (Lipinski definition) is 2. The van der Waals surface area contributed by atoms with E-state index in [-0.39, 0.29) is 11.9 Å². The molecule has 2 aromatic rings. The van der Waals surface area contributed by atoms with Crippen LogP contribution in [-0.4, -0.2) is 7.05 Å². The molecule has 0 radical (unpaired) electrons. The largest absolute Gasteiger partial charge is 0.309 e. The quantitative estimate of drug-likeness (QED) is 0.858. The Labute approximate surface area is 98.9 Å². The fourth-order valence-corrected chi connectivity index (χ4v) is 2.52. The Morgan fingerprint density at radius 3 is 2.75 bits per heavy atom. The second-order valence-corrected chi connectivity index (χ2v) is 4.54. The zero-order valence-corrected chi connectivity index (χ0v) is 10.1. The van der Waals surface area contributed by atoms with Gasteiger partial charge >= 0.3 is 0 Å². The van der Waals surface area contributed by atoms with Gasteiger partial charge in [0.15, 0.2) is 0 Å². The van der Waals surface area contributed by atoms with Gasteiger partial charge in [0.05, 0.1) is 6.04 Å². The van der Waals surface area contributed by atoms with Gasteiger partial charge in [-0.1, -0.05) is 18.2 Å². The molecule has 1 unspecified atom stereocenters. The lowest BCUT2D eigenvalue weighted by atomic mass is 9.99. The summed E-state index contributed by atoms with van der Waals surface area (Å²) in [6.45, 7) is 1.79. The molecule has 0 aliphatic heterocycles. The van der Waals surface area contributed by atoms with Crippen molar-refractivity contribution in [1.29, 1.82) is 0 Å². The minimum Gasteiger partial charge on any atom is -0.309 e. The molecule has 1 N–H and O–H groups in total. The van der Waals surface area contributed by atoms with E-state index in [1.54, 1.807) is 24.3 Å². The lowest BCUT2D eigenvalue weighted by molar-refractivity contribution is 0.570. The Bertz CT molecular complexity index is 465. The molecule has 1 nitrogen and oxygen atoms in total. The summed E-state index contributed by atoms with van der Waals surface area (Å²) in [6.07, 6.45) is 0. The zero-order chi connectivity index (χ0) is 11.5. The van der Waals surface area contributed by atoms with Gasteiger partial charge in [-0.15, -0.1) is 0 Å². The van der Waals surface area contributed by atoms with Gasteiger partial charge in [0.1, 0.15) is 5.82 Å². The van der Waals surface area contributed by atoms with Crippen molar-refractivity contribution in [3.8, 4) is 0 Å². The van der Waals surface area contributed by atoms with Crippen LogP contribution in [0.5, 0.6) is 0 Å². The number of nitrogens with one attached hydrogen (secondary N) is 1. The first-order chi connectivity index (χ1) is 7.74.